The van der Waals surface area contributed by atoms with Crippen LogP contribution in [0.1, 0.15) is 18.5 Å². The van der Waals surface area contributed by atoms with Gasteiger partial charge in [-0.2, -0.15) is 0 Å². The van der Waals surface area contributed by atoms with Gasteiger partial charge in [0.2, 0.25) is 5.91 Å². The summed E-state index contributed by atoms with van der Waals surface area (Å²) in [4.78, 5) is 37.2. The quantitative estimate of drug-likeness (QED) is 0.519. The maximum absolute atomic E-state index is 11.6. The Kier molecular flexibility index (Phi) is 6.66. The zero-order valence-corrected chi connectivity index (χ0v) is 11.4. The van der Waals surface area contributed by atoms with E-state index in [4.69, 9.17) is 10.8 Å². The van der Waals surface area contributed by atoms with Crippen molar-refractivity contribution < 1.29 is 19.5 Å². The number of carboxylic acids is 1. The van der Waals surface area contributed by atoms with E-state index in [-0.39, 0.29) is 12.8 Å². The summed E-state index contributed by atoms with van der Waals surface area (Å²) in [5, 5.41) is 13.7. The number of nitrogens with two attached hydrogens (primary N) is 1. The average Bonchev–Trinajstić information content (AvgIpc) is 2.44. The van der Waals surface area contributed by atoms with E-state index in [0.29, 0.717) is 13.0 Å². The minimum atomic E-state index is -1.21. The number of hydrogen-bond acceptors (Lipinski definition) is 4. The van der Waals surface area contributed by atoms with Gasteiger partial charge < -0.3 is 21.5 Å². The lowest BCUT2D eigenvalue weighted by atomic mass is 10.1. The van der Waals surface area contributed by atoms with Gasteiger partial charge in [-0.1, -0.05) is 6.07 Å². The summed E-state index contributed by atoms with van der Waals surface area (Å²) in [5.41, 5.74) is 5.77. The monoisotopic (exact) mass is 294 g/mol. The van der Waals surface area contributed by atoms with Crippen LogP contribution in [0.4, 0.5) is 4.79 Å². The number of urea groups is 1. The van der Waals surface area contributed by atoms with Crippen molar-refractivity contribution in [3.8, 4) is 0 Å². The van der Waals surface area contributed by atoms with Crippen molar-refractivity contribution >= 4 is 17.9 Å². The van der Waals surface area contributed by atoms with Gasteiger partial charge in [-0.3, -0.25) is 9.78 Å². The molecule has 0 radical (unpaired) electrons. The number of aromatic nitrogens is 1. The summed E-state index contributed by atoms with van der Waals surface area (Å²) >= 11 is 0. The number of primary amides is 1. The summed E-state index contributed by atoms with van der Waals surface area (Å²) in [7, 11) is 0. The van der Waals surface area contributed by atoms with Crippen molar-refractivity contribution in [1.82, 2.24) is 15.6 Å². The van der Waals surface area contributed by atoms with Crippen LogP contribution < -0.4 is 16.4 Å². The smallest absolute Gasteiger partial charge is 0.326 e. The third-order valence-electron chi connectivity index (χ3n) is 2.68. The molecule has 1 heterocycles. The first-order chi connectivity index (χ1) is 9.99. The Morgan fingerprint density at radius 2 is 2.10 bits per heavy atom. The highest BCUT2D eigenvalue weighted by molar-refractivity contribution is 5.83. The normalized spacial score (nSPS) is 11.4. The molecular formula is C13H18N4O4. The number of carbonyl (C=O) groups is 3. The van der Waals surface area contributed by atoms with Crippen LogP contribution >= 0.6 is 0 Å². The van der Waals surface area contributed by atoms with E-state index in [9.17, 15) is 14.4 Å². The Balaban J connectivity index is 2.33. The average molecular weight is 294 g/mol. The Hall–Kier alpha value is -2.64. The number of aliphatic carboxylic acids is 1. The van der Waals surface area contributed by atoms with Crippen molar-refractivity contribution in [2.24, 2.45) is 5.73 Å². The molecule has 0 fully saturated rings. The number of carboxylic acid groups (broad SMARTS) is 1. The molecule has 5 N–H and O–H groups in total. The van der Waals surface area contributed by atoms with Gasteiger partial charge in [0, 0.05) is 31.3 Å². The van der Waals surface area contributed by atoms with Gasteiger partial charge in [-0.25, -0.2) is 9.59 Å². The van der Waals surface area contributed by atoms with E-state index in [1.165, 1.54) is 0 Å². The fourth-order valence-corrected chi connectivity index (χ4v) is 1.60. The summed E-state index contributed by atoms with van der Waals surface area (Å²) in [6.45, 7) is 0.324. The Morgan fingerprint density at radius 1 is 1.33 bits per heavy atom. The number of rotatable bonds is 8. The molecule has 1 aromatic rings. The van der Waals surface area contributed by atoms with Crippen LogP contribution in [0.5, 0.6) is 0 Å². The molecule has 0 aliphatic rings. The van der Waals surface area contributed by atoms with Crippen molar-refractivity contribution in [3.05, 3.63) is 30.1 Å². The van der Waals surface area contributed by atoms with Crippen molar-refractivity contribution in [2.45, 2.75) is 25.3 Å². The molecule has 8 nitrogen and oxygen atoms in total. The maximum atomic E-state index is 11.6. The van der Waals surface area contributed by atoms with Gasteiger partial charge in [0.15, 0.2) is 0 Å². The van der Waals surface area contributed by atoms with Crippen LogP contribution in [0.15, 0.2) is 24.4 Å². The van der Waals surface area contributed by atoms with Gasteiger partial charge in [0.25, 0.3) is 0 Å². The van der Waals surface area contributed by atoms with Crippen LogP contribution in [-0.4, -0.2) is 40.6 Å². The third-order valence-corrected chi connectivity index (χ3v) is 2.68. The van der Waals surface area contributed by atoms with Crippen LogP contribution in [0, 0.1) is 0 Å². The molecule has 0 bridgehead atoms. The maximum Gasteiger partial charge on any atom is 0.326 e. The van der Waals surface area contributed by atoms with Gasteiger partial charge >= 0.3 is 12.0 Å². The molecule has 21 heavy (non-hydrogen) atoms. The Morgan fingerprint density at radius 3 is 2.67 bits per heavy atom. The molecule has 8 heteroatoms. The number of pyridine rings is 1. The molecule has 0 saturated heterocycles. The van der Waals surface area contributed by atoms with Crippen LogP contribution in [-0.2, 0) is 16.0 Å². The minimum absolute atomic E-state index is 0.0433. The standard InChI is InChI=1S/C13H18N4O4/c14-11(18)5-4-10(12(19)20)17-13(21)16-8-6-9-3-1-2-7-15-9/h1-3,7,10H,4-6,8H2,(H2,14,18)(H,19,20)(H2,16,17,21)/t10-/m0/s1. The van der Waals surface area contributed by atoms with Crippen molar-refractivity contribution in [1.29, 1.82) is 0 Å². The third kappa shape index (κ3) is 6.90. The predicted octanol–water partition coefficient (Wildman–Crippen LogP) is -0.358. The predicted molar refractivity (Wildman–Crippen MR) is 74.3 cm³/mol. The van der Waals surface area contributed by atoms with Gasteiger partial charge in [0.05, 0.1) is 0 Å². The number of carbonyl (C=O) groups excluding carboxylic acids is 2. The lowest BCUT2D eigenvalue weighted by Gasteiger charge is -2.14. The SMILES string of the molecule is NC(=O)CC[C@H](NC(=O)NCCc1ccccn1)C(=O)O. The molecule has 3 amide bonds. The molecule has 0 aliphatic carbocycles. The van der Waals surface area contributed by atoms with E-state index in [1.807, 2.05) is 12.1 Å². The van der Waals surface area contributed by atoms with Crippen LogP contribution in [0.2, 0.25) is 0 Å². The second-order valence-electron chi connectivity index (χ2n) is 4.37. The second-order valence-corrected chi connectivity index (χ2v) is 4.37. The van der Waals surface area contributed by atoms with E-state index in [1.54, 1.807) is 12.3 Å². The second kappa shape index (κ2) is 8.51. The lowest BCUT2D eigenvalue weighted by molar-refractivity contribution is -0.139. The molecule has 1 aromatic heterocycles. The van der Waals surface area contributed by atoms with E-state index in [2.05, 4.69) is 15.6 Å². The molecule has 0 aliphatic heterocycles. The molecule has 0 spiro atoms. The molecule has 0 unspecified atom stereocenters. The van der Waals surface area contributed by atoms with E-state index in [0.717, 1.165) is 5.69 Å². The first-order valence-corrected chi connectivity index (χ1v) is 6.44. The molecule has 0 aromatic carbocycles. The molecule has 1 rings (SSSR count). The summed E-state index contributed by atoms with van der Waals surface area (Å²) in [6, 6.07) is 3.70. The molecule has 114 valence electrons. The van der Waals surface area contributed by atoms with Gasteiger partial charge in [0.1, 0.15) is 6.04 Å². The number of nitrogens with zero attached hydrogens (tertiary/aromatic N) is 1. The van der Waals surface area contributed by atoms with Crippen molar-refractivity contribution in [2.75, 3.05) is 6.54 Å². The van der Waals surface area contributed by atoms with E-state index >= 15 is 0 Å². The number of hydrogen-bond donors (Lipinski definition) is 4. The Labute approximate surface area is 121 Å². The summed E-state index contributed by atoms with van der Waals surface area (Å²) in [5.74, 6) is -1.82. The van der Waals surface area contributed by atoms with Gasteiger partial charge in [-0.15, -0.1) is 0 Å². The van der Waals surface area contributed by atoms with E-state index < -0.39 is 23.9 Å². The molecular weight excluding hydrogens is 276 g/mol. The first kappa shape index (κ1) is 16.4. The van der Waals surface area contributed by atoms with Crippen LogP contribution in [0.3, 0.4) is 0 Å². The Bertz CT molecular complexity index is 492. The fourth-order valence-electron chi connectivity index (χ4n) is 1.60. The zero-order valence-electron chi connectivity index (χ0n) is 11.4. The summed E-state index contributed by atoms with van der Waals surface area (Å²) < 4.78 is 0. The largest absolute Gasteiger partial charge is 0.480 e. The number of amides is 3. The lowest BCUT2D eigenvalue weighted by Crippen LogP contribution is -2.46. The van der Waals surface area contributed by atoms with Crippen molar-refractivity contribution in [3.63, 3.8) is 0 Å². The number of nitrogens with one attached hydrogen (secondary N) is 2. The fraction of sp³-hybridized carbons (Fsp3) is 0.385. The minimum Gasteiger partial charge on any atom is -0.480 e. The van der Waals surface area contributed by atoms with Crippen LogP contribution in [0.25, 0.3) is 0 Å². The topological polar surface area (TPSA) is 134 Å². The molecule has 1 atom stereocenters. The zero-order chi connectivity index (χ0) is 15.7. The summed E-state index contributed by atoms with van der Waals surface area (Å²) in [6.07, 6.45) is 2.04. The highest BCUT2D eigenvalue weighted by Crippen LogP contribution is 1.97. The molecule has 0 saturated carbocycles. The van der Waals surface area contributed by atoms with Gasteiger partial charge in [-0.05, 0) is 18.6 Å². The first-order valence-electron chi connectivity index (χ1n) is 6.44. The highest BCUT2D eigenvalue weighted by atomic mass is 16.4. The highest BCUT2D eigenvalue weighted by Gasteiger charge is 2.20.